The van der Waals surface area contributed by atoms with Crippen molar-refractivity contribution >= 4 is 5.95 Å². The largest absolute Gasteiger partial charge is 0.508 e. The predicted molar refractivity (Wildman–Crippen MR) is 121 cm³/mol. The van der Waals surface area contributed by atoms with Gasteiger partial charge in [0, 0.05) is 44.7 Å². The highest BCUT2D eigenvalue weighted by Gasteiger charge is 2.26. The number of nitrogens with zero attached hydrogens (tertiary/aromatic N) is 4. The monoisotopic (exact) mass is 416 g/mol. The number of phenols is 1. The zero-order chi connectivity index (χ0) is 21.0. The minimum absolute atomic E-state index is 0.339. The molecule has 0 amide bonds. The Morgan fingerprint density at radius 2 is 1.65 bits per heavy atom. The first kappa shape index (κ1) is 19.8. The molecule has 0 atom stereocenters. The van der Waals surface area contributed by atoms with Crippen molar-refractivity contribution in [2.75, 3.05) is 24.5 Å². The normalized spacial score (nSPS) is 16.7. The van der Waals surface area contributed by atoms with Gasteiger partial charge in [-0.05, 0) is 37.5 Å². The van der Waals surface area contributed by atoms with Crippen molar-refractivity contribution in [3.8, 4) is 17.4 Å². The molecule has 1 N–H and O–H groups in total. The fraction of sp³-hybridized carbons (Fsp3) is 0.360. The van der Waals surface area contributed by atoms with Gasteiger partial charge in [0.05, 0.1) is 11.3 Å². The molecule has 160 valence electrons. The number of piperidine rings is 1. The second kappa shape index (κ2) is 8.94. The molecule has 1 aromatic heterocycles. The van der Waals surface area contributed by atoms with E-state index >= 15 is 0 Å². The predicted octanol–water partition coefficient (Wildman–Crippen LogP) is 4.52. The quantitative estimate of drug-likeness (QED) is 0.660. The highest BCUT2D eigenvalue weighted by molar-refractivity contribution is 5.44. The van der Waals surface area contributed by atoms with E-state index in [1.165, 1.54) is 19.3 Å². The molecular formula is C25H28N4O2. The van der Waals surface area contributed by atoms with Crippen LogP contribution in [-0.4, -0.2) is 39.6 Å². The maximum atomic E-state index is 10.2. The van der Waals surface area contributed by atoms with Crippen molar-refractivity contribution in [3.63, 3.8) is 0 Å². The highest BCUT2D eigenvalue weighted by Crippen LogP contribution is 2.33. The molecule has 0 spiro atoms. The van der Waals surface area contributed by atoms with Crippen LogP contribution in [0.4, 0.5) is 5.95 Å². The smallest absolute Gasteiger partial charge is 0.228 e. The van der Waals surface area contributed by atoms with Gasteiger partial charge in [0.25, 0.3) is 0 Å². The van der Waals surface area contributed by atoms with Crippen LogP contribution < -0.4 is 9.64 Å². The number of ether oxygens (including phenoxy) is 1. The molecule has 1 saturated heterocycles. The number of fused-ring (bicyclic) bond motifs is 1. The number of phenolic OH excluding ortho intramolecular Hbond substituents is 1. The van der Waals surface area contributed by atoms with Crippen LogP contribution in [0.25, 0.3) is 0 Å². The Balaban J connectivity index is 1.45. The number of benzene rings is 2. The summed E-state index contributed by atoms with van der Waals surface area (Å²) in [6, 6.07) is 17.4. The average molecular weight is 417 g/mol. The molecule has 5 rings (SSSR count). The maximum Gasteiger partial charge on any atom is 0.228 e. The van der Waals surface area contributed by atoms with Crippen molar-refractivity contribution in [1.29, 1.82) is 0 Å². The van der Waals surface area contributed by atoms with Crippen LogP contribution in [0, 0.1) is 0 Å². The van der Waals surface area contributed by atoms with Crippen molar-refractivity contribution < 1.29 is 9.84 Å². The summed E-state index contributed by atoms with van der Waals surface area (Å²) in [7, 11) is 0. The van der Waals surface area contributed by atoms with Gasteiger partial charge in [0.15, 0.2) is 0 Å². The number of aromatic nitrogens is 2. The SMILES string of the molecule is Oc1ccccc1CN1CCc2nc(N3CCCCC3)nc(Oc3ccccc3)c2C1. The highest BCUT2D eigenvalue weighted by atomic mass is 16.5. The van der Waals surface area contributed by atoms with Crippen LogP contribution in [0.2, 0.25) is 0 Å². The van der Waals surface area contributed by atoms with E-state index in [4.69, 9.17) is 14.7 Å². The molecule has 2 aliphatic heterocycles. The molecule has 0 unspecified atom stereocenters. The van der Waals surface area contributed by atoms with E-state index in [2.05, 4.69) is 9.80 Å². The van der Waals surface area contributed by atoms with E-state index in [0.717, 1.165) is 54.6 Å². The Kier molecular flexibility index (Phi) is 5.71. The second-order valence-corrected chi connectivity index (χ2v) is 8.31. The first-order chi connectivity index (χ1) is 15.3. The van der Waals surface area contributed by atoms with Gasteiger partial charge in [0.2, 0.25) is 11.8 Å². The lowest BCUT2D eigenvalue weighted by Crippen LogP contribution is -2.34. The molecular weight excluding hydrogens is 388 g/mol. The first-order valence-corrected chi connectivity index (χ1v) is 11.1. The van der Waals surface area contributed by atoms with E-state index in [0.29, 0.717) is 24.7 Å². The molecule has 3 aromatic rings. The fourth-order valence-corrected chi connectivity index (χ4v) is 4.37. The molecule has 0 aliphatic carbocycles. The summed E-state index contributed by atoms with van der Waals surface area (Å²) in [6.45, 7) is 4.28. The Morgan fingerprint density at radius 3 is 2.45 bits per heavy atom. The summed E-state index contributed by atoms with van der Waals surface area (Å²) >= 11 is 0. The van der Waals surface area contributed by atoms with Gasteiger partial charge in [-0.3, -0.25) is 4.90 Å². The molecule has 0 radical (unpaired) electrons. The molecule has 31 heavy (non-hydrogen) atoms. The summed E-state index contributed by atoms with van der Waals surface area (Å²) in [5, 5.41) is 10.2. The Hall–Kier alpha value is -3.12. The van der Waals surface area contributed by atoms with Crippen LogP contribution >= 0.6 is 0 Å². The standard InChI is InChI=1S/C25H28N4O2/c30-23-12-6-5-9-19(23)17-28-16-13-22-21(18-28)24(31-20-10-3-1-4-11-20)27-25(26-22)29-14-7-2-8-15-29/h1,3-6,9-12,30H,2,7-8,13-18H2. The third-order valence-electron chi connectivity index (χ3n) is 6.07. The van der Waals surface area contributed by atoms with E-state index < -0.39 is 0 Å². The topological polar surface area (TPSA) is 61.7 Å². The number of hydrogen-bond acceptors (Lipinski definition) is 6. The molecule has 6 heteroatoms. The zero-order valence-corrected chi connectivity index (χ0v) is 17.7. The van der Waals surface area contributed by atoms with Crippen LogP contribution in [0.1, 0.15) is 36.1 Å². The molecule has 0 saturated carbocycles. The Bertz CT molecular complexity index is 1030. The molecule has 2 aliphatic rings. The van der Waals surface area contributed by atoms with Crippen LogP contribution in [-0.2, 0) is 19.5 Å². The summed E-state index contributed by atoms with van der Waals surface area (Å²) in [5.41, 5.74) is 3.06. The van der Waals surface area contributed by atoms with Gasteiger partial charge in [-0.1, -0.05) is 36.4 Å². The number of hydrogen-bond donors (Lipinski definition) is 1. The molecule has 3 heterocycles. The van der Waals surface area contributed by atoms with E-state index in [-0.39, 0.29) is 0 Å². The minimum Gasteiger partial charge on any atom is -0.508 e. The van der Waals surface area contributed by atoms with E-state index in [1.807, 2.05) is 48.5 Å². The lowest BCUT2D eigenvalue weighted by atomic mass is 10.1. The summed E-state index contributed by atoms with van der Waals surface area (Å²) in [5.74, 6) is 2.56. The summed E-state index contributed by atoms with van der Waals surface area (Å²) in [6.07, 6.45) is 4.49. The van der Waals surface area contributed by atoms with E-state index in [9.17, 15) is 5.11 Å². The molecule has 1 fully saturated rings. The third kappa shape index (κ3) is 4.49. The molecule has 2 aromatic carbocycles. The number of aromatic hydroxyl groups is 1. The van der Waals surface area contributed by atoms with Crippen molar-refractivity contribution in [2.24, 2.45) is 0 Å². The summed E-state index contributed by atoms with van der Waals surface area (Å²) in [4.78, 5) is 14.4. The number of para-hydroxylation sites is 2. The van der Waals surface area contributed by atoms with Gasteiger partial charge in [-0.15, -0.1) is 0 Å². The summed E-state index contributed by atoms with van der Waals surface area (Å²) < 4.78 is 6.28. The van der Waals surface area contributed by atoms with Crippen LogP contribution in [0.3, 0.4) is 0 Å². The van der Waals surface area contributed by atoms with Crippen molar-refractivity contribution in [1.82, 2.24) is 14.9 Å². The van der Waals surface area contributed by atoms with Crippen LogP contribution in [0.5, 0.6) is 17.4 Å². The minimum atomic E-state index is 0.339. The second-order valence-electron chi connectivity index (χ2n) is 8.31. The average Bonchev–Trinajstić information content (AvgIpc) is 2.82. The maximum absolute atomic E-state index is 10.2. The third-order valence-corrected chi connectivity index (χ3v) is 6.07. The van der Waals surface area contributed by atoms with Gasteiger partial charge in [-0.2, -0.15) is 4.98 Å². The number of anilines is 1. The fourth-order valence-electron chi connectivity index (χ4n) is 4.37. The first-order valence-electron chi connectivity index (χ1n) is 11.1. The van der Waals surface area contributed by atoms with E-state index in [1.54, 1.807) is 6.07 Å². The molecule has 0 bridgehead atoms. The lowest BCUT2D eigenvalue weighted by molar-refractivity contribution is 0.235. The zero-order valence-electron chi connectivity index (χ0n) is 17.7. The van der Waals surface area contributed by atoms with Gasteiger partial charge in [-0.25, -0.2) is 4.98 Å². The van der Waals surface area contributed by atoms with Gasteiger partial charge < -0.3 is 14.7 Å². The van der Waals surface area contributed by atoms with Gasteiger partial charge >= 0.3 is 0 Å². The Morgan fingerprint density at radius 1 is 0.871 bits per heavy atom. The van der Waals surface area contributed by atoms with Crippen LogP contribution in [0.15, 0.2) is 54.6 Å². The van der Waals surface area contributed by atoms with Crippen molar-refractivity contribution in [3.05, 3.63) is 71.4 Å². The Labute approximate surface area is 183 Å². The molecule has 6 nitrogen and oxygen atoms in total. The lowest BCUT2D eigenvalue weighted by Gasteiger charge is -2.32. The number of rotatable bonds is 5. The van der Waals surface area contributed by atoms with Crippen molar-refractivity contribution in [2.45, 2.75) is 38.8 Å². The van der Waals surface area contributed by atoms with Gasteiger partial charge in [0.1, 0.15) is 11.5 Å².